The molecule has 112 valence electrons. The number of rotatable bonds is 3. The summed E-state index contributed by atoms with van der Waals surface area (Å²) in [6.45, 7) is 12.1. The molecule has 0 N–H and O–H groups in total. The van der Waals surface area contributed by atoms with Crippen LogP contribution in [0.1, 0.15) is 38.9 Å². The van der Waals surface area contributed by atoms with E-state index in [-0.39, 0.29) is 11.1 Å². The van der Waals surface area contributed by atoms with Crippen LogP contribution in [0.3, 0.4) is 0 Å². The maximum Gasteiger partial charge on any atom is 0.192 e. The Morgan fingerprint density at radius 3 is 2.55 bits per heavy atom. The maximum atomic E-state index is 6.56. The first kappa shape index (κ1) is 15.4. The third kappa shape index (κ3) is 3.01. The fourth-order valence-corrected chi connectivity index (χ4v) is 3.43. The van der Waals surface area contributed by atoms with Gasteiger partial charge in [0.1, 0.15) is 11.5 Å². The van der Waals surface area contributed by atoms with Crippen molar-refractivity contribution in [3.63, 3.8) is 0 Å². The normalized spacial score (nSPS) is 19.2. The van der Waals surface area contributed by atoms with Gasteiger partial charge in [-0.25, -0.2) is 0 Å². The first-order chi connectivity index (χ1) is 9.24. The molecule has 0 bridgehead atoms. The maximum absolute atomic E-state index is 6.56. The molecule has 2 rings (SSSR count). The van der Waals surface area contributed by atoms with E-state index >= 15 is 0 Å². The second kappa shape index (κ2) is 5.41. The van der Waals surface area contributed by atoms with E-state index in [2.05, 4.69) is 39.9 Å². The average molecular weight is 294 g/mol. The molecule has 0 spiro atoms. The van der Waals surface area contributed by atoms with Crippen LogP contribution in [-0.4, -0.2) is 22.0 Å². The largest absolute Gasteiger partial charge is 0.497 e. The summed E-state index contributed by atoms with van der Waals surface area (Å²) in [6.07, 6.45) is 1.07. The van der Waals surface area contributed by atoms with Gasteiger partial charge < -0.3 is 13.9 Å². The molecule has 1 aromatic carbocycles. The minimum atomic E-state index is -1.77. The number of methoxy groups -OCH3 is 1. The standard InChI is InChI=1S/C16H26O3Si/c1-16(2,3)20(5,6)19-14-9-10-18-15-11-12(17-4)7-8-13(14)15/h7-8,11,14H,9-10H2,1-6H3. The van der Waals surface area contributed by atoms with Crippen molar-refractivity contribution in [1.29, 1.82) is 0 Å². The van der Waals surface area contributed by atoms with Gasteiger partial charge in [-0.3, -0.25) is 0 Å². The molecule has 1 atom stereocenters. The lowest BCUT2D eigenvalue weighted by molar-refractivity contribution is 0.122. The van der Waals surface area contributed by atoms with Crippen molar-refractivity contribution in [3.05, 3.63) is 23.8 Å². The monoisotopic (exact) mass is 294 g/mol. The molecule has 1 aliphatic heterocycles. The molecule has 1 aromatic rings. The van der Waals surface area contributed by atoms with E-state index in [1.54, 1.807) is 7.11 Å². The summed E-state index contributed by atoms with van der Waals surface area (Å²) in [6, 6.07) is 6.01. The summed E-state index contributed by atoms with van der Waals surface area (Å²) in [5.41, 5.74) is 1.15. The van der Waals surface area contributed by atoms with Crippen molar-refractivity contribution >= 4 is 8.32 Å². The number of hydrogen-bond donors (Lipinski definition) is 0. The predicted molar refractivity (Wildman–Crippen MR) is 84.1 cm³/mol. The summed E-state index contributed by atoms with van der Waals surface area (Å²) in [5, 5.41) is 0.220. The molecule has 0 amide bonds. The third-order valence-corrected chi connectivity index (χ3v) is 8.93. The van der Waals surface area contributed by atoms with Gasteiger partial charge >= 0.3 is 0 Å². The summed E-state index contributed by atoms with van der Waals surface area (Å²) < 4.78 is 17.6. The highest BCUT2D eigenvalue weighted by Gasteiger charge is 2.40. The van der Waals surface area contributed by atoms with Crippen LogP contribution in [0.5, 0.6) is 11.5 Å². The molecule has 0 aliphatic carbocycles. The Balaban J connectivity index is 2.25. The summed E-state index contributed by atoms with van der Waals surface area (Å²) in [4.78, 5) is 0. The van der Waals surface area contributed by atoms with E-state index in [1.807, 2.05) is 12.1 Å². The molecular weight excluding hydrogens is 268 g/mol. The van der Waals surface area contributed by atoms with Crippen molar-refractivity contribution in [2.75, 3.05) is 13.7 Å². The fraction of sp³-hybridized carbons (Fsp3) is 0.625. The average Bonchev–Trinajstić information content (AvgIpc) is 2.36. The lowest BCUT2D eigenvalue weighted by Crippen LogP contribution is -2.42. The molecular formula is C16H26O3Si. The third-order valence-electron chi connectivity index (χ3n) is 4.45. The van der Waals surface area contributed by atoms with E-state index in [0.29, 0.717) is 6.61 Å². The quantitative estimate of drug-likeness (QED) is 0.766. The molecule has 0 saturated heterocycles. The first-order valence-corrected chi connectivity index (χ1v) is 10.1. The summed E-state index contributed by atoms with van der Waals surface area (Å²) in [5.74, 6) is 1.73. The Hall–Kier alpha value is -1.00. The van der Waals surface area contributed by atoms with E-state index in [1.165, 1.54) is 0 Å². The number of hydrogen-bond acceptors (Lipinski definition) is 3. The minimum Gasteiger partial charge on any atom is -0.497 e. The van der Waals surface area contributed by atoms with Gasteiger partial charge in [-0.2, -0.15) is 0 Å². The van der Waals surface area contributed by atoms with Gasteiger partial charge in [0.05, 0.1) is 19.8 Å². The zero-order chi connectivity index (χ0) is 15.0. The Morgan fingerprint density at radius 1 is 1.25 bits per heavy atom. The van der Waals surface area contributed by atoms with Crippen LogP contribution in [-0.2, 0) is 4.43 Å². The van der Waals surface area contributed by atoms with Crippen LogP contribution in [0.2, 0.25) is 18.1 Å². The smallest absolute Gasteiger partial charge is 0.192 e. The second-order valence-electron chi connectivity index (χ2n) is 6.91. The zero-order valence-corrected chi connectivity index (χ0v) is 14.4. The van der Waals surface area contributed by atoms with Crippen LogP contribution in [0, 0.1) is 0 Å². The fourth-order valence-electron chi connectivity index (χ4n) is 2.12. The number of ether oxygens (including phenoxy) is 2. The molecule has 0 saturated carbocycles. The zero-order valence-electron chi connectivity index (χ0n) is 13.4. The van der Waals surface area contributed by atoms with Crippen LogP contribution >= 0.6 is 0 Å². The van der Waals surface area contributed by atoms with Crippen molar-refractivity contribution in [1.82, 2.24) is 0 Å². The van der Waals surface area contributed by atoms with Crippen LogP contribution < -0.4 is 9.47 Å². The molecule has 0 radical (unpaired) electrons. The van der Waals surface area contributed by atoms with Gasteiger partial charge in [0.15, 0.2) is 8.32 Å². The molecule has 0 fully saturated rings. The highest BCUT2D eigenvalue weighted by Crippen LogP contribution is 2.44. The first-order valence-electron chi connectivity index (χ1n) is 7.23. The highest BCUT2D eigenvalue weighted by atomic mass is 28.4. The Bertz CT molecular complexity index is 477. The van der Waals surface area contributed by atoms with Crippen molar-refractivity contribution in [3.8, 4) is 11.5 Å². The minimum absolute atomic E-state index is 0.144. The molecule has 1 aliphatic rings. The van der Waals surface area contributed by atoms with Crippen molar-refractivity contribution < 1.29 is 13.9 Å². The van der Waals surface area contributed by atoms with Gasteiger partial charge in [0, 0.05) is 18.1 Å². The van der Waals surface area contributed by atoms with Gasteiger partial charge in [0.25, 0.3) is 0 Å². The van der Waals surface area contributed by atoms with Crippen molar-refractivity contribution in [2.45, 2.75) is 51.4 Å². The van der Waals surface area contributed by atoms with Gasteiger partial charge in [-0.1, -0.05) is 20.8 Å². The van der Waals surface area contributed by atoms with Gasteiger partial charge in [-0.15, -0.1) is 0 Å². The van der Waals surface area contributed by atoms with E-state index in [9.17, 15) is 0 Å². The molecule has 1 unspecified atom stereocenters. The molecule has 20 heavy (non-hydrogen) atoms. The van der Waals surface area contributed by atoms with Gasteiger partial charge in [-0.05, 0) is 30.3 Å². The molecule has 1 heterocycles. The SMILES string of the molecule is COc1ccc2c(c1)OCCC2O[Si](C)(C)C(C)(C)C. The highest BCUT2D eigenvalue weighted by molar-refractivity contribution is 6.74. The van der Waals surface area contributed by atoms with Gasteiger partial charge in [0.2, 0.25) is 0 Å². The molecule has 0 aromatic heterocycles. The van der Waals surface area contributed by atoms with Crippen molar-refractivity contribution in [2.24, 2.45) is 0 Å². The number of fused-ring (bicyclic) bond motifs is 1. The van der Waals surface area contributed by atoms with Crippen LogP contribution in [0.25, 0.3) is 0 Å². The van der Waals surface area contributed by atoms with Crippen LogP contribution in [0.15, 0.2) is 18.2 Å². The molecule has 3 nitrogen and oxygen atoms in total. The van der Waals surface area contributed by atoms with Crippen LogP contribution in [0.4, 0.5) is 0 Å². The lowest BCUT2D eigenvalue weighted by atomic mass is 10.0. The van der Waals surface area contributed by atoms with E-state index in [0.717, 1.165) is 23.5 Å². The summed E-state index contributed by atoms with van der Waals surface area (Å²) >= 11 is 0. The lowest BCUT2D eigenvalue weighted by Gasteiger charge is -2.40. The summed E-state index contributed by atoms with van der Waals surface area (Å²) in [7, 11) is -0.0947. The Labute approximate surface area is 123 Å². The van der Waals surface area contributed by atoms with E-state index < -0.39 is 8.32 Å². The van der Waals surface area contributed by atoms with E-state index in [4.69, 9.17) is 13.9 Å². The second-order valence-corrected chi connectivity index (χ2v) is 11.7. The Kier molecular flexibility index (Phi) is 4.16. The molecule has 4 heteroatoms. The number of benzene rings is 1. The predicted octanol–water partition coefficient (Wildman–Crippen LogP) is 4.54. The Morgan fingerprint density at radius 2 is 1.95 bits per heavy atom. The topological polar surface area (TPSA) is 27.7 Å².